The van der Waals surface area contributed by atoms with Gasteiger partial charge in [-0.25, -0.2) is 4.39 Å². The van der Waals surface area contributed by atoms with Gasteiger partial charge in [-0.2, -0.15) is 4.98 Å². The molecule has 9 heteroatoms. The number of morpholine rings is 1. The summed E-state index contributed by atoms with van der Waals surface area (Å²) >= 11 is 0. The molecule has 0 radical (unpaired) electrons. The van der Waals surface area contributed by atoms with Crippen LogP contribution in [-0.2, 0) is 16.1 Å². The second-order valence-corrected chi connectivity index (χ2v) is 8.19. The van der Waals surface area contributed by atoms with Crippen molar-refractivity contribution in [1.29, 1.82) is 0 Å². The number of likely N-dealkylation sites (tertiary alicyclic amines) is 1. The van der Waals surface area contributed by atoms with Crippen molar-refractivity contribution < 1.29 is 18.4 Å². The minimum Gasteiger partial charge on any atom is -0.379 e. The molecular weight excluding hydrogens is 401 g/mol. The average Bonchev–Trinajstić information content (AvgIpc) is 3.26. The van der Waals surface area contributed by atoms with E-state index in [1.165, 1.54) is 12.1 Å². The van der Waals surface area contributed by atoms with E-state index in [-0.39, 0.29) is 17.6 Å². The highest BCUT2D eigenvalue weighted by Gasteiger charge is 2.26. The van der Waals surface area contributed by atoms with E-state index < -0.39 is 0 Å². The normalized spacial score (nSPS) is 20.6. The first-order valence-corrected chi connectivity index (χ1v) is 11.1. The van der Waals surface area contributed by atoms with E-state index in [0.29, 0.717) is 36.9 Å². The maximum absolute atomic E-state index is 13.1. The zero-order valence-corrected chi connectivity index (χ0v) is 17.8. The third-order valence-corrected chi connectivity index (χ3v) is 5.86. The molecule has 0 spiro atoms. The average molecular weight is 432 g/mol. The molecule has 4 rings (SSSR count). The molecule has 1 N–H and O–H groups in total. The number of nitrogens with zero attached hydrogens (tertiary/aromatic N) is 4. The molecule has 1 aromatic carbocycles. The highest BCUT2D eigenvalue weighted by molar-refractivity contribution is 5.78. The van der Waals surface area contributed by atoms with E-state index in [1.54, 1.807) is 12.1 Å². The van der Waals surface area contributed by atoms with Crippen molar-refractivity contribution >= 4 is 5.91 Å². The Hall–Kier alpha value is -2.36. The van der Waals surface area contributed by atoms with E-state index in [1.807, 2.05) is 0 Å². The number of ether oxygens (including phenoxy) is 1. The number of carbonyl (C=O) groups excluding carboxylic acids is 1. The van der Waals surface area contributed by atoms with Crippen molar-refractivity contribution in [1.82, 2.24) is 25.3 Å². The predicted molar refractivity (Wildman–Crippen MR) is 113 cm³/mol. The van der Waals surface area contributed by atoms with Gasteiger partial charge in [-0.15, -0.1) is 0 Å². The number of aromatic nitrogens is 2. The van der Waals surface area contributed by atoms with Crippen LogP contribution in [-0.4, -0.2) is 78.3 Å². The minimum absolute atomic E-state index is 0.0170. The van der Waals surface area contributed by atoms with Crippen LogP contribution in [0.4, 0.5) is 4.39 Å². The molecule has 2 aromatic rings. The second-order valence-electron chi connectivity index (χ2n) is 8.19. The van der Waals surface area contributed by atoms with Gasteiger partial charge in [0.05, 0.1) is 25.7 Å². The molecule has 8 nitrogen and oxygen atoms in total. The third kappa shape index (κ3) is 6.32. The van der Waals surface area contributed by atoms with Crippen LogP contribution >= 0.6 is 0 Å². The first-order valence-electron chi connectivity index (χ1n) is 11.1. The lowest BCUT2D eigenvalue weighted by Gasteiger charge is -2.31. The molecule has 168 valence electrons. The van der Waals surface area contributed by atoms with Gasteiger partial charge in [0, 0.05) is 31.7 Å². The highest BCUT2D eigenvalue weighted by atomic mass is 19.1. The van der Waals surface area contributed by atoms with Gasteiger partial charge in [0.1, 0.15) is 5.82 Å². The van der Waals surface area contributed by atoms with E-state index >= 15 is 0 Å². The van der Waals surface area contributed by atoms with Gasteiger partial charge in [0.25, 0.3) is 0 Å². The minimum atomic E-state index is -0.300. The first kappa shape index (κ1) is 21.9. The standard InChI is InChI=1S/C22H30FN5O3/c23-19-6-4-17(5-7-19)21-25-20(31-26-21)16-28-9-1-3-18(15-28)22(29)24-8-2-10-27-11-13-30-14-12-27/h4-7,18H,1-3,8-16H2,(H,24,29). The summed E-state index contributed by atoms with van der Waals surface area (Å²) in [5, 5.41) is 7.10. The van der Waals surface area contributed by atoms with Gasteiger partial charge in [-0.05, 0) is 56.6 Å². The highest BCUT2D eigenvalue weighted by Crippen LogP contribution is 2.20. The summed E-state index contributed by atoms with van der Waals surface area (Å²) < 4.78 is 23.8. The summed E-state index contributed by atoms with van der Waals surface area (Å²) in [6.45, 7) is 7.35. The molecule has 3 heterocycles. The fourth-order valence-corrected chi connectivity index (χ4v) is 4.12. The Bertz CT molecular complexity index is 838. The number of amides is 1. The van der Waals surface area contributed by atoms with Crippen LogP contribution in [0.5, 0.6) is 0 Å². The van der Waals surface area contributed by atoms with Crippen molar-refractivity contribution in [2.45, 2.75) is 25.8 Å². The summed E-state index contributed by atoms with van der Waals surface area (Å²) in [6, 6.07) is 6.01. The lowest BCUT2D eigenvalue weighted by Crippen LogP contribution is -2.43. The monoisotopic (exact) mass is 431 g/mol. The lowest BCUT2D eigenvalue weighted by molar-refractivity contribution is -0.126. The van der Waals surface area contributed by atoms with E-state index in [2.05, 4.69) is 25.3 Å². The maximum Gasteiger partial charge on any atom is 0.241 e. The zero-order valence-electron chi connectivity index (χ0n) is 17.8. The van der Waals surface area contributed by atoms with Gasteiger partial charge in [-0.3, -0.25) is 14.6 Å². The molecule has 31 heavy (non-hydrogen) atoms. The molecule has 2 fully saturated rings. The molecule has 0 saturated carbocycles. The summed E-state index contributed by atoms with van der Waals surface area (Å²) in [7, 11) is 0. The van der Waals surface area contributed by atoms with Crippen LogP contribution in [0.15, 0.2) is 28.8 Å². The van der Waals surface area contributed by atoms with Crippen molar-refractivity contribution in [3.05, 3.63) is 36.0 Å². The Morgan fingerprint density at radius 1 is 1.16 bits per heavy atom. The van der Waals surface area contributed by atoms with Crippen LogP contribution in [0.2, 0.25) is 0 Å². The molecule has 2 aliphatic rings. The van der Waals surface area contributed by atoms with Crippen LogP contribution in [0.3, 0.4) is 0 Å². The Morgan fingerprint density at radius 2 is 1.97 bits per heavy atom. The van der Waals surface area contributed by atoms with Crippen LogP contribution in [0, 0.1) is 11.7 Å². The SMILES string of the molecule is O=C(NCCCN1CCOCC1)C1CCCN(Cc2nc(-c3ccc(F)cc3)no2)C1. The summed E-state index contributed by atoms with van der Waals surface area (Å²) in [5.41, 5.74) is 0.712. The number of benzene rings is 1. The molecule has 0 bridgehead atoms. The van der Waals surface area contributed by atoms with Gasteiger partial charge in [-0.1, -0.05) is 5.16 Å². The van der Waals surface area contributed by atoms with Crippen molar-refractivity contribution in [2.24, 2.45) is 5.92 Å². The molecule has 0 aliphatic carbocycles. The number of halogens is 1. The Labute approximate surface area is 181 Å². The summed E-state index contributed by atoms with van der Waals surface area (Å²) in [6.07, 6.45) is 2.82. The topological polar surface area (TPSA) is 83.7 Å². The maximum atomic E-state index is 13.1. The van der Waals surface area contributed by atoms with Crippen LogP contribution in [0.1, 0.15) is 25.2 Å². The Balaban J connectivity index is 1.21. The van der Waals surface area contributed by atoms with Crippen molar-refractivity contribution in [3.8, 4) is 11.4 Å². The summed E-state index contributed by atoms with van der Waals surface area (Å²) in [4.78, 5) is 21.6. The second kappa shape index (κ2) is 10.8. The largest absolute Gasteiger partial charge is 0.379 e. The van der Waals surface area contributed by atoms with Crippen LogP contribution < -0.4 is 5.32 Å². The molecule has 2 aliphatic heterocycles. The molecule has 1 aromatic heterocycles. The third-order valence-electron chi connectivity index (χ3n) is 5.86. The quantitative estimate of drug-likeness (QED) is 0.640. The zero-order chi connectivity index (χ0) is 21.5. The van der Waals surface area contributed by atoms with Crippen molar-refractivity contribution in [3.63, 3.8) is 0 Å². The number of piperidine rings is 1. The lowest BCUT2D eigenvalue weighted by atomic mass is 9.97. The smallest absolute Gasteiger partial charge is 0.241 e. The van der Waals surface area contributed by atoms with Gasteiger partial charge in [0.15, 0.2) is 0 Å². The number of hydrogen-bond donors (Lipinski definition) is 1. The molecular formula is C22H30FN5O3. The number of hydrogen-bond acceptors (Lipinski definition) is 7. The molecule has 1 amide bonds. The van der Waals surface area contributed by atoms with Gasteiger partial charge in [0.2, 0.25) is 17.6 Å². The fraction of sp³-hybridized carbons (Fsp3) is 0.591. The predicted octanol–water partition coefficient (Wildman–Crippen LogP) is 1.93. The molecule has 2 saturated heterocycles. The van der Waals surface area contributed by atoms with Crippen molar-refractivity contribution in [2.75, 3.05) is 52.5 Å². The van der Waals surface area contributed by atoms with E-state index in [0.717, 1.165) is 58.7 Å². The number of rotatable bonds is 8. The van der Waals surface area contributed by atoms with Crippen LogP contribution in [0.25, 0.3) is 11.4 Å². The molecule has 1 unspecified atom stereocenters. The van der Waals surface area contributed by atoms with E-state index in [9.17, 15) is 9.18 Å². The first-order chi connectivity index (χ1) is 15.2. The fourth-order valence-electron chi connectivity index (χ4n) is 4.12. The van der Waals surface area contributed by atoms with E-state index in [4.69, 9.17) is 9.26 Å². The molecule has 1 atom stereocenters. The van der Waals surface area contributed by atoms with Gasteiger partial charge < -0.3 is 14.6 Å². The Kier molecular flexibility index (Phi) is 7.61. The summed E-state index contributed by atoms with van der Waals surface area (Å²) in [5.74, 6) is 0.763. The Morgan fingerprint density at radius 3 is 2.77 bits per heavy atom. The number of nitrogens with one attached hydrogen (secondary N) is 1. The van der Waals surface area contributed by atoms with Gasteiger partial charge >= 0.3 is 0 Å². The number of carbonyl (C=O) groups is 1.